The molecule has 154 valence electrons. The van der Waals surface area contributed by atoms with E-state index in [0.29, 0.717) is 23.4 Å². The molecular weight excluding hydrogens is 392 g/mol. The van der Waals surface area contributed by atoms with E-state index >= 15 is 0 Å². The van der Waals surface area contributed by atoms with Crippen molar-refractivity contribution in [1.82, 2.24) is 20.5 Å². The summed E-state index contributed by atoms with van der Waals surface area (Å²) in [5, 5.41) is 15.1. The molecule has 0 aliphatic carbocycles. The fourth-order valence-corrected chi connectivity index (χ4v) is 3.45. The number of nitrogens with zero attached hydrogens (tertiary/aromatic N) is 2. The van der Waals surface area contributed by atoms with Gasteiger partial charge in [0.2, 0.25) is 6.41 Å². The highest BCUT2D eigenvalue weighted by molar-refractivity contribution is 5.98. The fourth-order valence-electron chi connectivity index (χ4n) is 3.45. The van der Waals surface area contributed by atoms with Crippen LogP contribution in [0.3, 0.4) is 0 Å². The normalized spacial score (nSPS) is 13.8. The van der Waals surface area contributed by atoms with Crippen molar-refractivity contribution in [3.8, 4) is 11.5 Å². The lowest BCUT2D eigenvalue weighted by molar-refractivity contribution is -0.108. The lowest BCUT2D eigenvalue weighted by atomic mass is 10.1. The molecule has 0 saturated carbocycles. The van der Waals surface area contributed by atoms with E-state index in [1.807, 2.05) is 5.32 Å². The molecule has 3 heterocycles. The number of ether oxygens (including phenoxy) is 1. The minimum Gasteiger partial charge on any atom is -0.503 e. The van der Waals surface area contributed by atoms with E-state index in [4.69, 9.17) is 9.15 Å². The molecule has 0 unspecified atom stereocenters. The van der Waals surface area contributed by atoms with Crippen LogP contribution < -0.4 is 15.4 Å². The first kappa shape index (κ1) is 19.2. The van der Waals surface area contributed by atoms with Crippen molar-refractivity contribution >= 4 is 29.4 Å². The monoisotopic (exact) mass is 410 g/mol. The molecule has 10 nitrogen and oxygen atoms in total. The maximum Gasteiger partial charge on any atom is 0.321 e. The molecule has 0 radical (unpaired) electrons. The highest BCUT2D eigenvalue weighted by atomic mass is 16.5. The van der Waals surface area contributed by atoms with Crippen LogP contribution in [0.1, 0.15) is 27.7 Å². The minimum absolute atomic E-state index is 0.00448. The summed E-state index contributed by atoms with van der Waals surface area (Å²) in [6.45, 7) is 0.306. The number of aromatic nitrogens is 1. The van der Waals surface area contributed by atoms with E-state index in [-0.39, 0.29) is 35.9 Å². The standard InChI is InChI=1S/C20H18N4O6/c1-29-12-5-4-11-8-24(19(27)13(11)7-12)9-14(23-20(28)22-10-25)18-17(26)16-15(30-18)3-2-6-21-16/h2-7,10,14,26H,8-9H2,1H3,(H2,22,23,25,28)/t14-/m0/s1. The highest BCUT2D eigenvalue weighted by Gasteiger charge is 2.33. The SMILES string of the molecule is COc1ccc2c(c1)C(=O)N(C[C@H](NC(=O)NC=O)c1oc3cccnc3c1O)C2. The molecule has 1 atom stereocenters. The average molecular weight is 410 g/mol. The number of furan rings is 1. The second-order valence-electron chi connectivity index (χ2n) is 6.66. The highest BCUT2D eigenvalue weighted by Crippen LogP contribution is 2.36. The zero-order chi connectivity index (χ0) is 21.3. The molecule has 1 aliphatic rings. The molecule has 0 bridgehead atoms. The van der Waals surface area contributed by atoms with Crippen molar-refractivity contribution in [2.24, 2.45) is 0 Å². The van der Waals surface area contributed by atoms with Crippen molar-refractivity contribution in [3.63, 3.8) is 0 Å². The molecule has 4 rings (SSSR count). The molecule has 1 aliphatic heterocycles. The number of amides is 4. The Morgan fingerprint density at radius 2 is 2.27 bits per heavy atom. The average Bonchev–Trinajstić information content (AvgIpc) is 3.24. The van der Waals surface area contributed by atoms with Crippen LogP contribution in [-0.2, 0) is 11.3 Å². The fraction of sp³-hybridized carbons (Fsp3) is 0.200. The maximum absolute atomic E-state index is 12.9. The second-order valence-corrected chi connectivity index (χ2v) is 6.66. The van der Waals surface area contributed by atoms with Crippen LogP contribution in [0.2, 0.25) is 0 Å². The van der Waals surface area contributed by atoms with E-state index in [0.717, 1.165) is 5.56 Å². The topological polar surface area (TPSA) is 134 Å². The summed E-state index contributed by atoms with van der Waals surface area (Å²) in [7, 11) is 1.52. The molecule has 3 N–H and O–H groups in total. The molecule has 10 heteroatoms. The molecule has 1 aromatic carbocycles. The van der Waals surface area contributed by atoms with Gasteiger partial charge in [0.1, 0.15) is 11.8 Å². The zero-order valence-corrected chi connectivity index (χ0v) is 15.9. The van der Waals surface area contributed by atoms with E-state index < -0.39 is 12.1 Å². The third-order valence-corrected chi connectivity index (χ3v) is 4.86. The van der Waals surface area contributed by atoms with Crippen molar-refractivity contribution in [3.05, 3.63) is 53.4 Å². The van der Waals surface area contributed by atoms with Gasteiger partial charge in [-0.3, -0.25) is 14.9 Å². The third-order valence-electron chi connectivity index (χ3n) is 4.86. The van der Waals surface area contributed by atoms with Crippen molar-refractivity contribution in [2.45, 2.75) is 12.6 Å². The van der Waals surface area contributed by atoms with E-state index in [1.54, 1.807) is 30.3 Å². The molecule has 2 aromatic heterocycles. The van der Waals surface area contributed by atoms with Crippen LogP contribution in [0, 0.1) is 0 Å². The van der Waals surface area contributed by atoms with Crippen LogP contribution in [0.5, 0.6) is 11.5 Å². The van der Waals surface area contributed by atoms with Crippen LogP contribution in [0.15, 0.2) is 40.9 Å². The number of carbonyl (C=O) groups excluding carboxylic acids is 3. The number of nitrogens with one attached hydrogen (secondary N) is 2. The van der Waals surface area contributed by atoms with Gasteiger partial charge in [-0.05, 0) is 29.8 Å². The smallest absolute Gasteiger partial charge is 0.321 e. The Labute approximate surface area is 170 Å². The summed E-state index contributed by atoms with van der Waals surface area (Å²) in [5.74, 6) is 0.101. The number of urea groups is 1. The lowest BCUT2D eigenvalue weighted by Gasteiger charge is -2.23. The Morgan fingerprint density at radius 3 is 3.00 bits per heavy atom. The van der Waals surface area contributed by atoms with Crippen molar-refractivity contribution < 1.29 is 28.6 Å². The number of imide groups is 1. The Bertz CT molecular complexity index is 1140. The Hall–Kier alpha value is -4.08. The Balaban J connectivity index is 1.65. The lowest BCUT2D eigenvalue weighted by Crippen LogP contribution is -2.42. The van der Waals surface area contributed by atoms with E-state index in [9.17, 15) is 19.5 Å². The van der Waals surface area contributed by atoms with Gasteiger partial charge in [-0.15, -0.1) is 0 Å². The van der Waals surface area contributed by atoms with Gasteiger partial charge in [0.05, 0.1) is 7.11 Å². The van der Waals surface area contributed by atoms with Crippen molar-refractivity contribution in [1.29, 1.82) is 0 Å². The first-order valence-corrected chi connectivity index (χ1v) is 9.05. The number of pyridine rings is 1. The first-order valence-electron chi connectivity index (χ1n) is 9.05. The number of methoxy groups -OCH3 is 1. The van der Waals surface area contributed by atoms with Gasteiger partial charge >= 0.3 is 6.03 Å². The van der Waals surface area contributed by atoms with Gasteiger partial charge in [0.15, 0.2) is 22.6 Å². The largest absolute Gasteiger partial charge is 0.503 e. The van der Waals surface area contributed by atoms with Crippen LogP contribution >= 0.6 is 0 Å². The quantitative estimate of drug-likeness (QED) is 0.527. The van der Waals surface area contributed by atoms with Crippen LogP contribution in [-0.4, -0.2) is 47.0 Å². The molecular formula is C20H18N4O6. The summed E-state index contributed by atoms with van der Waals surface area (Å²) < 4.78 is 10.9. The van der Waals surface area contributed by atoms with Gasteiger partial charge < -0.3 is 24.5 Å². The first-order chi connectivity index (χ1) is 14.5. The van der Waals surface area contributed by atoms with Gasteiger partial charge in [0.25, 0.3) is 5.91 Å². The molecule has 0 fully saturated rings. The number of rotatable bonds is 6. The Kier molecular flexibility index (Phi) is 4.97. The molecule has 3 aromatic rings. The summed E-state index contributed by atoms with van der Waals surface area (Å²) in [5.41, 5.74) is 1.87. The van der Waals surface area contributed by atoms with E-state index in [2.05, 4.69) is 10.3 Å². The molecule has 0 spiro atoms. The number of fused-ring (bicyclic) bond motifs is 2. The minimum atomic E-state index is -0.931. The summed E-state index contributed by atoms with van der Waals surface area (Å²) in [6.07, 6.45) is 1.73. The number of carbonyl (C=O) groups is 3. The third kappa shape index (κ3) is 3.39. The summed E-state index contributed by atoms with van der Waals surface area (Å²) in [4.78, 5) is 41.1. The second kappa shape index (κ2) is 7.74. The number of hydrogen-bond donors (Lipinski definition) is 3. The maximum atomic E-state index is 12.9. The molecule has 4 amide bonds. The zero-order valence-electron chi connectivity index (χ0n) is 15.9. The van der Waals surface area contributed by atoms with Crippen LogP contribution in [0.25, 0.3) is 11.1 Å². The van der Waals surface area contributed by atoms with E-state index in [1.165, 1.54) is 18.2 Å². The summed E-state index contributed by atoms with van der Waals surface area (Å²) >= 11 is 0. The van der Waals surface area contributed by atoms with Crippen LogP contribution in [0.4, 0.5) is 4.79 Å². The number of hydrogen-bond acceptors (Lipinski definition) is 7. The Morgan fingerprint density at radius 1 is 1.43 bits per heavy atom. The van der Waals surface area contributed by atoms with Gasteiger partial charge in [-0.2, -0.15) is 0 Å². The number of benzene rings is 1. The molecule has 30 heavy (non-hydrogen) atoms. The van der Waals surface area contributed by atoms with Gasteiger partial charge in [-0.1, -0.05) is 6.07 Å². The van der Waals surface area contributed by atoms with Gasteiger partial charge in [0, 0.05) is 24.8 Å². The summed E-state index contributed by atoms with van der Waals surface area (Å²) in [6, 6.07) is 6.76. The van der Waals surface area contributed by atoms with Crippen molar-refractivity contribution in [2.75, 3.05) is 13.7 Å². The molecule has 0 saturated heterocycles. The van der Waals surface area contributed by atoms with Gasteiger partial charge in [-0.25, -0.2) is 9.78 Å². The number of aromatic hydroxyl groups is 1. The predicted molar refractivity (Wildman–Crippen MR) is 104 cm³/mol. The predicted octanol–water partition coefficient (Wildman–Crippen LogP) is 1.69.